The normalized spacial score (nSPS) is 26.7. The first-order valence-corrected chi connectivity index (χ1v) is 11.6. The first-order chi connectivity index (χ1) is 15.1. The van der Waals surface area contributed by atoms with Gasteiger partial charge >= 0.3 is 5.97 Å². The van der Waals surface area contributed by atoms with Gasteiger partial charge in [-0.15, -0.1) is 0 Å². The minimum atomic E-state index is -1.14. The van der Waals surface area contributed by atoms with Crippen molar-refractivity contribution in [2.75, 3.05) is 6.61 Å². The molecule has 2 aliphatic rings. The molecule has 1 saturated heterocycles. The quantitative estimate of drug-likeness (QED) is 0.384. The molecule has 1 amide bonds. The molecule has 0 N–H and O–H groups in total. The van der Waals surface area contributed by atoms with Crippen LogP contribution in [0.1, 0.15) is 77.1 Å². The number of esters is 1. The van der Waals surface area contributed by atoms with Gasteiger partial charge in [-0.3, -0.25) is 19.9 Å². The molecule has 2 heterocycles. The number of nitro groups is 1. The first-order valence-electron chi connectivity index (χ1n) is 11.6. The average Bonchev–Trinajstić information content (AvgIpc) is 3.11. The molecule has 0 aromatic carbocycles. The summed E-state index contributed by atoms with van der Waals surface area (Å²) in [7, 11) is 0. The van der Waals surface area contributed by atoms with Crippen molar-refractivity contribution in [3.63, 3.8) is 0 Å². The molecular formula is C24H35N3O5. The van der Waals surface area contributed by atoms with Crippen LogP contribution >= 0.6 is 0 Å². The molecule has 2 fully saturated rings. The topological polar surface area (TPSA) is 103 Å². The first kappa shape index (κ1) is 24.1. The molecule has 176 valence electrons. The van der Waals surface area contributed by atoms with E-state index >= 15 is 0 Å². The highest BCUT2D eigenvalue weighted by Crippen LogP contribution is 2.50. The summed E-state index contributed by atoms with van der Waals surface area (Å²) in [4.78, 5) is 45.3. The number of rotatable bonds is 5. The lowest BCUT2D eigenvalue weighted by Gasteiger charge is -2.35. The largest absolute Gasteiger partial charge is 0.464 e. The Bertz CT molecular complexity index is 859. The Morgan fingerprint density at radius 1 is 1.25 bits per heavy atom. The number of hydrogen-bond acceptors (Lipinski definition) is 6. The van der Waals surface area contributed by atoms with Gasteiger partial charge in [-0.05, 0) is 38.2 Å². The van der Waals surface area contributed by atoms with E-state index in [1.165, 1.54) is 4.90 Å². The maximum absolute atomic E-state index is 13.9. The predicted octanol–water partition coefficient (Wildman–Crippen LogP) is 4.09. The van der Waals surface area contributed by atoms with Crippen LogP contribution in [0.4, 0.5) is 0 Å². The molecule has 8 heteroatoms. The highest BCUT2D eigenvalue weighted by Gasteiger charge is 2.64. The number of hydrogen-bond donors (Lipinski definition) is 0. The monoisotopic (exact) mass is 445 g/mol. The number of carbonyl (C=O) groups is 2. The number of amides is 1. The second kappa shape index (κ2) is 9.55. The van der Waals surface area contributed by atoms with Crippen LogP contribution < -0.4 is 0 Å². The number of ether oxygens (including phenoxy) is 1. The molecule has 4 atom stereocenters. The lowest BCUT2D eigenvalue weighted by atomic mass is 9.72. The van der Waals surface area contributed by atoms with Crippen LogP contribution in [0.15, 0.2) is 18.3 Å². The van der Waals surface area contributed by atoms with E-state index in [2.05, 4.69) is 4.98 Å². The fourth-order valence-corrected chi connectivity index (χ4v) is 5.59. The van der Waals surface area contributed by atoms with Crippen molar-refractivity contribution in [3.8, 4) is 0 Å². The third-order valence-corrected chi connectivity index (χ3v) is 6.98. The number of pyridine rings is 1. The third kappa shape index (κ3) is 4.50. The summed E-state index contributed by atoms with van der Waals surface area (Å²) >= 11 is 0. The summed E-state index contributed by atoms with van der Waals surface area (Å²) in [5.41, 5.74) is 0.646. The number of aryl methyl sites for hydroxylation is 1. The van der Waals surface area contributed by atoms with Crippen molar-refractivity contribution in [3.05, 3.63) is 39.7 Å². The number of nitrogens with zero attached hydrogens (tertiary/aromatic N) is 3. The smallest absolute Gasteiger partial charge is 0.329 e. The van der Waals surface area contributed by atoms with Gasteiger partial charge in [-0.2, -0.15) is 0 Å². The molecule has 0 bridgehead atoms. The maximum atomic E-state index is 13.9. The van der Waals surface area contributed by atoms with Crippen molar-refractivity contribution in [2.45, 2.75) is 84.8 Å². The molecule has 3 rings (SSSR count). The summed E-state index contributed by atoms with van der Waals surface area (Å²) in [6.45, 7) is 9.32. The van der Waals surface area contributed by atoms with Gasteiger partial charge in [0.2, 0.25) is 11.9 Å². The Morgan fingerprint density at radius 2 is 1.91 bits per heavy atom. The summed E-state index contributed by atoms with van der Waals surface area (Å²) in [6, 6.07) is 0.501. The lowest BCUT2D eigenvalue weighted by molar-refractivity contribution is -0.536. The van der Waals surface area contributed by atoms with E-state index in [0.717, 1.165) is 32.1 Å². The van der Waals surface area contributed by atoms with Gasteiger partial charge < -0.3 is 9.64 Å². The third-order valence-electron chi connectivity index (χ3n) is 6.98. The van der Waals surface area contributed by atoms with Gasteiger partial charge in [0.15, 0.2) is 0 Å². The van der Waals surface area contributed by atoms with Gasteiger partial charge in [0.05, 0.1) is 12.5 Å². The molecule has 1 aromatic heterocycles. The Labute approximate surface area is 189 Å². The molecular weight excluding hydrogens is 410 g/mol. The van der Waals surface area contributed by atoms with Crippen molar-refractivity contribution in [2.24, 2.45) is 17.3 Å². The van der Waals surface area contributed by atoms with Gasteiger partial charge in [0, 0.05) is 28.3 Å². The average molecular weight is 446 g/mol. The van der Waals surface area contributed by atoms with E-state index in [4.69, 9.17) is 4.74 Å². The Kier molecular flexibility index (Phi) is 7.20. The summed E-state index contributed by atoms with van der Waals surface area (Å²) in [5.74, 6) is -1.66. The van der Waals surface area contributed by atoms with Crippen LogP contribution in [0.2, 0.25) is 0 Å². The zero-order chi connectivity index (χ0) is 23.6. The molecule has 1 aliphatic heterocycles. The molecule has 8 nitrogen and oxygen atoms in total. The zero-order valence-corrected chi connectivity index (χ0v) is 19.7. The number of aromatic nitrogens is 1. The van der Waals surface area contributed by atoms with Crippen LogP contribution in [0.3, 0.4) is 0 Å². The summed E-state index contributed by atoms with van der Waals surface area (Å²) < 4.78 is 5.39. The zero-order valence-electron chi connectivity index (χ0n) is 19.7. The lowest BCUT2D eigenvalue weighted by Crippen LogP contribution is -2.50. The Morgan fingerprint density at radius 3 is 2.44 bits per heavy atom. The Hall–Kier alpha value is -2.51. The van der Waals surface area contributed by atoms with E-state index in [9.17, 15) is 19.7 Å². The van der Waals surface area contributed by atoms with E-state index in [0.29, 0.717) is 11.3 Å². The predicted molar refractivity (Wildman–Crippen MR) is 119 cm³/mol. The summed E-state index contributed by atoms with van der Waals surface area (Å²) in [5, 5.41) is 12.5. The molecule has 1 aromatic rings. The minimum Gasteiger partial charge on any atom is -0.464 e. The minimum absolute atomic E-state index is 0.150. The van der Waals surface area contributed by atoms with E-state index in [-0.39, 0.29) is 23.4 Å². The summed E-state index contributed by atoms with van der Waals surface area (Å²) in [6.07, 6.45) is 6.10. The van der Waals surface area contributed by atoms with E-state index in [1.807, 2.05) is 20.8 Å². The second-order valence-electron chi connectivity index (χ2n) is 10.1. The van der Waals surface area contributed by atoms with Crippen LogP contribution in [-0.4, -0.2) is 45.4 Å². The van der Waals surface area contributed by atoms with Gasteiger partial charge in [0.1, 0.15) is 12.1 Å². The highest BCUT2D eigenvalue weighted by molar-refractivity contribution is 5.88. The van der Waals surface area contributed by atoms with Crippen molar-refractivity contribution < 1.29 is 19.2 Å². The van der Waals surface area contributed by atoms with Crippen LogP contribution in [0.25, 0.3) is 0 Å². The van der Waals surface area contributed by atoms with Gasteiger partial charge in [-0.25, -0.2) is 4.79 Å². The Balaban J connectivity index is 2.23. The molecule has 0 spiro atoms. The number of carbonyl (C=O) groups excluding carboxylic acids is 2. The molecule has 1 aliphatic carbocycles. The highest BCUT2D eigenvalue weighted by atomic mass is 16.6. The molecule has 0 unspecified atom stereocenters. The fraction of sp³-hybridized carbons (Fsp3) is 0.708. The van der Waals surface area contributed by atoms with Gasteiger partial charge in [-0.1, -0.05) is 46.1 Å². The molecule has 0 radical (unpaired) electrons. The second-order valence-corrected chi connectivity index (χ2v) is 10.1. The van der Waals surface area contributed by atoms with Crippen molar-refractivity contribution >= 4 is 11.9 Å². The van der Waals surface area contributed by atoms with Gasteiger partial charge in [0.25, 0.3) is 0 Å². The SMILES string of the molecule is CCOC(=O)[C@@H]1[C@@H](C(C)(C)C)[C@H]([N+](=O)[O-])[C@H](c2cccnc2C)N1C(=O)C1CCCCC1. The molecule has 1 saturated carbocycles. The number of likely N-dealkylation sites (tertiary alicyclic amines) is 1. The standard InChI is InChI=1S/C24H35N3O5/c1-6-32-23(29)21-18(24(3,4)5)20(27(30)31)19(17-13-10-14-25-15(17)2)26(21)22(28)16-11-8-7-9-12-16/h10,13-14,16,18-21H,6-9,11-12H2,1-5H3/t18-,19-,20-,21-/m0/s1. The van der Waals surface area contributed by atoms with Crippen molar-refractivity contribution in [1.82, 2.24) is 9.88 Å². The van der Waals surface area contributed by atoms with Crippen LogP contribution in [0, 0.1) is 34.3 Å². The molecule has 32 heavy (non-hydrogen) atoms. The van der Waals surface area contributed by atoms with E-state index in [1.54, 1.807) is 32.2 Å². The van der Waals surface area contributed by atoms with Crippen LogP contribution in [0.5, 0.6) is 0 Å². The van der Waals surface area contributed by atoms with E-state index < -0.39 is 35.4 Å². The van der Waals surface area contributed by atoms with Crippen LogP contribution in [-0.2, 0) is 14.3 Å². The fourth-order valence-electron chi connectivity index (χ4n) is 5.59. The maximum Gasteiger partial charge on any atom is 0.329 e. The van der Waals surface area contributed by atoms with Crippen molar-refractivity contribution in [1.29, 1.82) is 0 Å².